The number of carbonyl (C=O) groups is 2. The number of rotatable bonds is 8. The molecule has 0 radical (unpaired) electrons. The van der Waals surface area contributed by atoms with Crippen molar-refractivity contribution in [2.45, 2.75) is 13.0 Å². The van der Waals surface area contributed by atoms with Gasteiger partial charge in [-0.15, -0.1) is 0 Å². The van der Waals surface area contributed by atoms with E-state index in [0.717, 1.165) is 5.56 Å². The Bertz CT molecular complexity index is 803. The Labute approximate surface area is 151 Å². The van der Waals surface area contributed by atoms with Crippen LogP contribution < -0.4 is 14.8 Å². The minimum Gasteiger partial charge on any atom is -0.493 e. The first-order valence-corrected chi connectivity index (χ1v) is 7.83. The highest BCUT2D eigenvalue weighted by molar-refractivity contribution is 5.95. The van der Waals surface area contributed by atoms with Crippen molar-refractivity contribution in [3.63, 3.8) is 0 Å². The molecule has 2 rings (SSSR count). The van der Waals surface area contributed by atoms with E-state index < -0.39 is 5.97 Å². The first kappa shape index (κ1) is 19.3. The number of ether oxygens (including phenoxy) is 3. The van der Waals surface area contributed by atoms with Crippen molar-refractivity contribution in [1.29, 1.82) is 0 Å². The quantitative estimate of drug-likeness (QED) is 0.753. The fraction of sp³-hybridized carbons (Fsp3) is 0.263. The van der Waals surface area contributed by atoms with Crippen LogP contribution in [0, 0.1) is 0 Å². The van der Waals surface area contributed by atoms with Gasteiger partial charge in [0.2, 0.25) is 5.91 Å². The zero-order chi connectivity index (χ0) is 19.1. The number of methoxy groups -OCH3 is 3. The summed E-state index contributed by atoms with van der Waals surface area (Å²) in [7, 11) is 4.58. The molecule has 0 saturated heterocycles. The first-order chi connectivity index (χ1) is 12.5. The van der Waals surface area contributed by atoms with Crippen LogP contribution in [0.25, 0.3) is 0 Å². The lowest BCUT2D eigenvalue weighted by Crippen LogP contribution is -2.15. The topological polar surface area (TPSA) is 94.1 Å². The van der Waals surface area contributed by atoms with Gasteiger partial charge in [0, 0.05) is 12.8 Å². The summed E-state index contributed by atoms with van der Waals surface area (Å²) >= 11 is 0. The number of hydrogen-bond donors (Lipinski definition) is 2. The second-order valence-corrected chi connectivity index (χ2v) is 5.57. The van der Waals surface area contributed by atoms with Crippen molar-refractivity contribution < 1.29 is 28.9 Å². The van der Waals surface area contributed by atoms with E-state index in [1.807, 2.05) is 0 Å². The van der Waals surface area contributed by atoms with Crippen molar-refractivity contribution in [2.24, 2.45) is 0 Å². The summed E-state index contributed by atoms with van der Waals surface area (Å²) < 4.78 is 15.4. The van der Waals surface area contributed by atoms with Crippen LogP contribution in [-0.4, -0.2) is 38.3 Å². The van der Waals surface area contributed by atoms with E-state index in [1.54, 1.807) is 24.3 Å². The van der Waals surface area contributed by atoms with Gasteiger partial charge in [-0.1, -0.05) is 6.07 Å². The van der Waals surface area contributed by atoms with Crippen molar-refractivity contribution in [3.8, 4) is 11.5 Å². The molecule has 0 atom stereocenters. The van der Waals surface area contributed by atoms with Crippen LogP contribution in [-0.2, 0) is 22.6 Å². The normalized spacial score (nSPS) is 10.3. The molecule has 7 heteroatoms. The molecule has 0 aromatic heterocycles. The van der Waals surface area contributed by atoms with E-state index in [1.165, 1.54) is 33.5 Å². The van der Waals surface area contributed by atoms with Gasteiger partial charge < -0.3 is 24.6 Å². The van der Waals surface area contributed by atoms with Crippen molar-refractivity contribution >= 4 is 17.6 Å². The zero-order valence-electron chi connectivity index (χ0n) is 14.9. The minimum atomic E-state index is -1.07. The minimum absolute atomic E-state index is 0.0842. The van der Waals surface area contributed by atoms with Gasteiger partial charge in [0.05, 0.1) is 32.8 Å². The summed E-state index contributed by atoms with van der Waals surface area (Å²) in [6.07, 6.45) is 0.108. The molecule has 0 bridgehead atoms. The molecule has 2 N–H and O–H groups in total. The maximum Gasteiger partial charge on any atom is 0.335 e. The molecule has 138 valence electrons. The second-order valence-electron chi connectivity index (χ2n) is 5.57. The van der Waals surface area contributed by atoms with Gasteiger partial charge in [-0.3, -0.25) is 4.79 Å². The van der Waals surface area contributed by atoms with Crippen LogP contribution in [0.3, 0.4) is 0 Å². The van der Waals surface area contributed by atoms with Gasteiger partial charge in [0.15, 0.2) is 11.5 Å². The Morgan fingerprint density at radius 1 is 0.962 bits per heavy atom. The van der Waals surface area contributed by atoms with Crippen LogP contribution in [0.5, 0.6) is 11.5 Å². The van der Waals surface area contributed by atoms with E-state index in [-0.39, 0.29) is 24.5 Å². The highest BCUT2D eigenvalue weighted by Crippen LogP contribution is 2.27. The number of carboxylic acids is 1. The summed E-state index contributed by atoms with van der Waals surface area (Å²) in [5.41, 5.74) is 1.89. The number of benzene rings is 2. The zero-order valence-corrected chi connectivity index (χ0v) is 14.9. The third kappa shape index (κ3) is 4.97. The lowest BCUT2D eigenvalue weighted by molar-refractivity contribution is -0.115. The molecule has 2 aromatic carbocycles. The van der Waals surface area contributed by atoms with E-state index >= 15 is 0 Å². The van der Waals surface area contributed by atoms with E-state index in [4.69, 9.17) is 14.2 Å². The fourth-order valence-corrected chi connectivity index (χ4v) is 2.52. The number of anilines is 1. The van der Waals surface area contributed by atoms with Gasteiger partial charge in [0.25, 0.3) is 0 Å². The summed E-state index contributed by atoms with van der Waals surface area (Å²) in [6.45, 7) is 0.250. The Balaban J connectivity index is 2.15. The number of carboxylic acid groups (broad SMARTS) is 1. The summed E-state index contributed by atoms with van der Waals surface area (Å²) in [5.74, 6) is -0.232. The molecule has 0 saturated carbocycles. The van der Waals surface area contributed by atoms with Gasteiger partial charge in [-0.05, 0) is 41.5 Å². The SMILES string of the molecule is COCc1cc(NC(=O)Cc2ccc(OC)c(OC)c2)cc(C(=O)O)c1. The third-order valence-electron chi connectivity index (χ3n) is 3.65. The molecule has 1 amide bonds. The predicted octanol–water partition coefficient (Wildman–Crippen LogP) is 2.73. The number of nitrogens with one attached hydrogen (secondary N) is 1. The van der Waals surface area contributed by atoms with Gasteiger partial charge in [-0.25, -0.2) is 4.79 Å². The molecule has 0 fully saturated rings. The summed E-state index contributed by atoms with van der Waals surface area (Å²) in [5, 5.41) is 11.9. The molecular formula is C19H21NO6. The fourth-order valence-electron chi connectivity index (χ4n) is 2.52. The van der Waals surface area contributed by atoms with Crippen molar-refractivity contribution in [2.75, 3.05) is 26.6 Å². The van der Waals surface area contributed by atoms with Gasteiger partial charge in [0.1, 0.15) is 0 Å². The summed E-state index contributed by atoms with van der Waals surface area (Å²) in [4.78, 5) is 23.6. The molecule has 2 aromatic rings. The Morgan fingerprint density at radius 2 is 1.69 bits per heavy atom. The Morgan fingerprint density at radius 3 is 2.31 bits per heavy atom. The van der Waals surface area contributed by atoms with Crippen molar-refractivity contribution in [1.82, 2.24) is 0 Å². The number of hydrogen-bond acceptors (Lipinski definition) is 5. The molecule has 0 aliphatic heterocycles. The number of carbonyl (C=O) groups excluding carboxylic acids is 1. The lowest BCUT2D eigenvalue weighted by Gasteiger charge is -2.11. The molecule has 0 aliphatic rings. The van der Waals surface area contributed by atoms with E-state index in [9.17, 15) is 14.7 Å². The maximum atomic E-state index is 12.3. The Hall–Kier alpha value is -3.06. The van der Waals surface area contributed by atoms with Crippen LogP contribution in [0.15, 0.2) is 36.4 Å². The maximum absolute atomic E-state index is 12.3. The van der Waals surface area contributed by atoms with Gasteiger partial charge in [-0.2, -0.15) is 0 Å². The predicted molar refractivity (Wildman–Crippen MR) is 96.0 cm³/mol. The average molecular weight is 359 g/mol. The molecule has 0 unspecified atom stereocenters. The van der Waals surface area contributed by atoms with Crippen LogP contribution in [0.2, 0.25) is 0 Å². The lowest BCUT2D eigenvalue weighted by atomic mass is 10.1. The molecule has 0 aliphatic carbocycles. The first-order valence-electron chi connectivity index (χ1n) is 7.83. The largest absolute Gasteiger partial charge is 0.493 e. The van der Waals surface area contributed by atoms with Gasteiger partial charge >= 0.3 is 5.97 Å². The summed E-state index contributed by atoms with van der Waals surface area (Å²) in [6, 6.07) is 9.82. The van der Waals surface area contributed by atoms with Crippen molar-refractivity contribution in [3.05, 3.63) is 53.1 Å². The monoisotopic (exact) mass is 359 g/mol. The van der Waals surface area contributed by atoms with Crippen LogP contribution in [0.1, 0.15) is 21.5 Å². The third-order valence-corrected chi connectivity index (χ3v) is 3.65. The average Bonchev–Trinajstić information content (AvgIpc) is 2.61. The van der Waals surface area contributed by atoms with E-state index in [2.05, 4.69) is 5.32 Å². The highest BCUT2D eigenvalue weighted by atomic mass is 16.5. The number of aromatic carboxylic acids is 1. The molecular weight excluding hydrogens is 338 g/mol. The Kier molecular flexibility index (Phi) is 6.57. The molecule has 0 spiro atoms. The van der Waals surface area contributed by atoms with E-state index in [0.29, 0.717) is 22.7 Å². The smallest absolute Gasteiger partial charge is 0.335 e. The molecule has 26 heavy (non-hydrogen) atoms. The standard InChI is InChI=1S/C19H21NO6/c1-24-11-13-6-14(19(22)23)10-15(7-13)20-18(21)9-12-4-5-16(25-2)17(8-12)26-3/h4-8,10H,9,11H2,1-3H3,(H,20,21)(H,22,23). The molecule has 7 nitrogen and oxygen atoms in total. The number of amides is 1. The second kappa shape index (κ2) is 8.87. The van der Waals surface area contributed by atoms with Crippen LogP contribution in [0.4, 0.5) is 5.69 Å². The highest BCUT2D eigenvalue weighted by Gasteiger charge is 2.11. The molecule has 0 heterocycles. The van der Waals surface area contributed by atoms with Crippen LogP contribution >= 0.6 is 0 Å².